The van der Waals surface area contributed by atoms with Gasteiger partial charge < -0.3 is 10.1 Å². The van der Waals surface area contributed by atoms with Gasteiger partial charge in [0, 0.05) is 24.8 Å². The van der Waals surface area contributed by atoms with Gasteiger partial charge in [0.05, 0.1) is 23.3 Å². The molecule has 1 aromatic heterocycles. The average Bonchev–Trinajstić information content (AvgIpc) is 3.21. The van der Waals surface area contributed by atoms with Crippen molar-refractivity contribution in [2.45, 2.75) is 10.1 Å². The third-order valence-corrected chi connectivity index (χ3v) is 7.04. The lowest BCUT2D eigenvalue weighted by molar-refractivity contribution is -0.113. The Morgan fingerprint density at radius 3 is 2.58 bits per heavy atom. The van der Waals surface area contributed by atoms with E-state index in [-0.39, 0.29) is 16.6 Å². The van der Waals surface area contributed by atoms with E-state index >= 15 is 0 Å². The van der Waals surface area contributed by atoms with Gasteiger partial charge in [-0.25, -0.2) is 17.7 Å². The smallest absolute Gasteiger partial charge is 0.242 e. The Hall–Kier alpha value is -2.60. The first-order valence-electron chi connectivity index (χ1n) is 8.92. The van der Waals surface area contributed by atoms with Crippen molar-refractivity contribution in [3.8, 4) is 17.1 Å². The minimum absolute atomic E-state index is 0.0712. The maximum absolute atomic E-state index is 12.2. The zero-order chi connectivity index (χ0) is 22.6. The molecule has 0 fully saturated rings. The van der Waals surface area contributed by atoms with Crippen LogP contribution in [-0.4, -0.2) is 60.8 Å². The van der Waals surface area contributed by atoms with Crippen LogP contribution in [0.4, 0.5) is 5.69 Å². The number of benzene rings is 2. The monoisotopic (exact) mass is 481 g/mol. The van der Waals surface area contributed by atoms with E-state index in [1.165, 1.54) is 38.4 Å². The van der Waals surface area contributed by atoms with Crippen molar-refractivity contribution in [2.24, 2.45) is 0 Å². The van der Waals surface area contributed by atoms with Gasteiger partial charge in [0.2, 0.25) is 21.1 Å². The first-order chi connectivity index (χ1) is 14.7. The molecular weight excluding hydrogens is 462 g/mol. The van der Waals surface area contributed by atoms with Crippen molar-refractivity contribution in [3.05, 3.63) is 47.5 Å². The molecule has 3 rings (SSSR count). The number of aromatic amines is 1. The summed E-state index contributed by atoms with van der Waals surface area (Å²) in [5.41, 5.74) is 1.15. The van der Waals surface area contributed by atoms with Crippen LogP contribution in [0.2, 0.25) is 5.02 Å². The Kier molecular flexibility index (Phi) is 7.21. The van der Waals surface area contributed by atoms with Crippen LogP contribution < -0.4 is 10.1 Å². The summed E-state index contributed by atoms with van der Waals surface area (Å²) in [6.45, 7) is 0. The Bertz CT molecular complexity index is 1180. The molecule has 0 aliphatic rings. The number of thioether (sulfide) groups is 1. The van der Waals surface area contributed by atoms with Crippen molar-refractivity contribution in [2.75, 3.05) is 32.3 Å². The second-order valence-corrected chi connectivity index (χ2v) is 9.99. The summed E-state index contributed by atoms with van der Waals surface area (Å²) in [5.74, 6) is 0.858. The molecule has 0 radical (unpaired) electrons. The number of rotatable bonds is 8. The summed E-state index contributed by atoms with van der Waals surface area (Å²) in [6.07, 6.45) is 0. The molecule has 3 aromatic rings. The van der Waals surface area contributed by atoms with Crippen LogP contribution in [0.1, 0.15) is 0 Å². The summed E-state index contributed by atoms with van der Waals surface area (Å²) in [4.78, 5) is 16.8. The second-order valence-electron chi connectivity index (χ2n) is 6.46. The number of halogens is 1. The molecule has 0 aliphatic carbocycles. The molecule has 2 aromatic carbocycles. The van der Waals surface area contributed by atoms with Gasteiger partial charge in [0.1, 0.15) is 5.75 Å². The van der Waals surface area contributed by atoms with Gasteiger partial charge in [-0.2, -0.15) is 0 Å². The summed E-state index contributed by atoms with van der Waals surface area (Å²) in [6, 6.07) is 11.1. The van der Waals surface area contributed by atoms with E-state index in [4.69, 9.17) is 16.3 Å². The van der Waals surface area contributed by atoms with E-state index in [2.05, 4.69) is 20.5 Å². The van der Waals surface area contributed by atoms with Gasteiger partial charge in [0.15, 0.2) is 5.82 Å². The molecule has 0 saturated carbocycles. The fraction of sp³-hybridized carbons (Fsp3) is 0.211. The summed E-state index contributed by atoms with van der Waals surface area (Å²) >= 11 is 7.20. The number of hydrogen-bond acceptors (Lipinski definition) is 7. The number of amides is 1. The lowest BCUT2D eigenvalue weighted by Gasteiger charge is -2.11. The number of carbonyl (C=O) groups excluding carboxylic acids is 1. The molecule has 0 spiro atoms. The maximum Gasteiger partial charge on any atom is 0.242 e. The molecule has 2 N–H and O–H groups in total. The normalized spacial score (nSPS) is 11.5. The van der Waals surface area contributed by atoms with Crippen molar-refractivity contribution in [1.82, 2.24) is 19.5 Å². The molecule has 9 nitrogen and oxygen atoms in total. The number of hydrogen-bond donors (Lipinski definition) is 2. The summed E-state index contributed by atoms with van der Waals surface area (Å²) < 4.78 is 30.6. The first-order valence-corrected chi connectivity index (χ1v) is 11.7. The molecule has 31 heavy (non-hydrogen) atoms. The highest BCUT2D eigenvalue weighted by atomic mass is 35.5. The molecule has 0 aliphatic heterocycles. The van der Waals surface area contributed by atoms with Gasteiger partial charge in [-0.05, 0) is 42.5 Å². The maximum atomic E-state index is 12.2. The van der Waals surface area contributed by atoms with E-state index in [0.29, 0.717) is 33.0 Å². The number of nitrogens with one attached hydrogen (secondary N) is 2. The third-order valence-electron chi connectivity index (χ3n) is 4.13. The van der Waals surface area contributed by atoms with E-state index in [9.17, 15) is 13.2 Å². The first kappa shape index (κ1) is 23.1. The number of carbonyl (C=O) groups is 1. The van der Waals surface area contributed by atoms with Crippen LogP contribution in [-0.2, 0) is 14.8 Å². The Morgan fingerprint density at radius 1 is 1.23 bits per heavy atom. The van der Waals surface area contributed by atoms with Crippen LogP contribution in [0.3, 0.4) is 0 Å². The third kappa shape index (κ3) is 5.56. The van der Waals surface area contributed by atoms with Crippen molar-refractivity contribution < 1.29 is 17.9 Å². The number of nitrogens with zero attached hydrogens (tertiary/aromatic N) is 3. The van der Waals surface area contributed by atoms with Crippen molar-refractivity contribution >= 4 is 45.0 Å². The Balaban J connectivity index is 1.60. The van der Waals surface area contributed by atoms with Crippen LogP contribution in [0.15, 0.2) is 52.5 Å². The van der Waals surface area contributed by atoms with Crippen molar-refractivity contribution in [1.29, 1.82) is 0 Å². The molecular formula is C19H20ClN5O4S2. The molecule has 1 heterocycles. The number of H-pyrrole nitrogens is 1. The zero-order valence-corrected chi connectivity index (χ0v) is 19.3. The second kappa shape index (κ2) is 9.69. The lowest BCUT2D eigenvalue weighted by Crippen LogP contribution is -2.22. The average molecular weight is 482 g/mol. The molecule has 1 amide bonds. The van der Waals surface area contributed by atoms with Crippen molar-refractivity contribution in [3.63, 3.8) is 0 Å². The Labute approximate surface area is 189 Å². The lowest BCUT2D eigenvalue weighted by atomic mass is 10.2. The SMILES string of the molecule is COc1ccc(Cl)cc1-c1nc(SCC(=O)Nc2ccc(S(=O)(=O)N(C)C)cc2)n[nH]1. The van der Waals surface area contributed by atoms with Gasteiger partial charge in [-0.3, -0.25) is 9.89 Å². The fourth-order valence-corrected chi connectivity index (χ4v) is 4.22. The molecule has 12 heteroatoms. The Morgan fingerprint density at radius 2 is 1.94 bits per heavy atom. The van der Waals surface area contributed by atoms with E-state index in [1.807, 2.05) is 0 Å². The molecule has 0 unspecified atom stereocenters. The highest BCUT2D eigenvalue weighted by Gasteiger charge is 2.17. The van der Waals surface area contributed by atoms with E-state index in [0.717, 1.165) is 16.1 Å². The largest absolute Gasteiger partial charge is 0.496 e. The quantitative estimate of drug-likeness (QED) is 0.474. The van der Waals surface area contributed by atoms with Crippen LogP contribution in [0.25, 0.3) is 11.4 Å². The minimum atomic E-state index is -3.52. The van der Waals surface area contributed by atoms with Gasteiger partial charge >= 0.3 is 0 Å². The standard InChI is InChI=1S/C19H20ClN5O4S2/c1-25(2)31(27,28)14-7-5-13(6-8-14)21-17(26)11-30-19-22-18(23-24-19)15-10-12(20)4-9-16(15)29-3/h4-10H,11H2,1-3H3,(H,21,26)(H,22,23,24). The van der Waals surface area contributed by atoms with Gasteiger partial charge in [0.25, 0.3) is 0 Å². The summed E-state index contributed by atoms with van der Waals surface area (Å²) in [7, 11) is 0.945. The zero-order valence-electron chi connectivity index (χ0n) is 16.9. The number of ether oxygens (including phenoxy) is 1. The van der Waals surface area contributed by atoms with E-state index in [1.54, 1.807) is 25.3 Å². The number of aromatic nitrogens is 3. The molecule has 0 bridgehead atoms. The van der Waals surface area contributed by atoms with Crippen LogP contribution >= 0.6 is 23.4 Å². The van der Waals surface area contributed by atoms with Gasteiger partial charge in [-0.15, -0.1) is 5.10 Å². The predicted octanol–water partition coefficient (Wildman–Crippen LogP) is 3.11. The highest BCUT2D eigenvalue weighted by molar-refractivity contribution is 7.99. The number of sulfonamides is 1. The molecule has 0 saturated heterocycles. The predicted molar refractivity (Wildman–Crippen MR) is 120 cm³/mol. The van der Waals surface area contributed by atoms with Crippen LogP contribution in [0, 0.1) is 0 Å². The minimum Gasteiger partial charge on any atom is -0.496 e. The molecule has 0 atom stereocenters. The molecule has 164 valence electrons. The number of methoxy groups -OCH3 is 1. The highest BCUT2D eigenvalue weighted by Crippen LogP contribution is 2.31. The van der Waals surface area contributed by atoms with E-state index < -0.39 is 10.0 Å². The fourth-order valence-electron chi connectivity index (χ4n) is 2.54. The number of anilines is 1. The van der Waals surface area contributed by atoms with Crippen LogP contribution in [0.5, 0.6) is 5.75 Å². The topological polar surface area (TPSA) is 117 Å². The summed E-state index contributed by atoms with van der Waals surface area (Å²) in [5, 5.41) is 10.6. The van der Waals surface area contributed by atoms with Gasteiger partial charge in [-0.1, -0.05) is 23.4 Å².